The van der Waals surface area contributed by atoms with Gasteiger partial charge in [-0.25, -0.2) is 0 Å². The number of aliphatic hydroxyl groups excluding tert-OH is 1. The molecule has 1 atom stereocenters. The summed E-state index contributed by atoms with van der Waals surface area (Å²) >= 11 is 0. The van der Waals surface area contributed by atoms with Gasteiger partial charge in [-0.15, -0.1) is 0 Å². The maximum Gasteiger partial charge on any atom is 0.253 e. The van der Waals surface area contributed by atoms with Crippen molar-refractivity contribution in [2.24, 2.45) is 5.41 Å². The highest BCUT2D eigenvalue weighted by molar-refractivity contribution is 5.95. The number of rotatable bonds is 4. The van der Waals surface area contributed by atoms with Crippen LogP contribution in [0.1, 0.15) is 43.0 Å². The van der Waals surface area contributed by atoms with E-state index in [9.17, 15) is 19.8 Å². The Labute approximate surface area is 159 Å². The molecule has 2 aliphatic rings. The topological polar surface area (TPSA) is 90.3 Å². The number of amides is 2. The van der Waals surface area contributed by atoms with Crippen LogP contribution in [0.3, 0.4) is 0 Å². The van der Waals surface area contributed by atoms with E-state index < -0.39 is 6.10 Å². The average molecular weight is 376 g/mol. The number of hydrogen-bond acceptors (Lipinski definition) is 5. The zero-order valence-electron chi connectivity index (χ0n) is 16.0. The lowest BCUT2D eigenvalue weighted by atomic mass is 9.72. The predicted octanol–water partition coefficient (Wildman–Crippen LogP) is 1.63. The minimum absolute atomic E-state index is 0.0294. The third-order valence-corrected chi connectivity index (χ3v) is 5.77. The second-order valence-corrected chi connectivity index (χ2v) is 7.80. The summed E-state index contributed by atoms with van der Waals surface area (Å²) in [4.78, 5) is 28.5. The molecule has 0 saturated carbocycles. The molecule has 7 nitrogen and oxygen atoms in total. The summed E-state index contributed by atoms with van der Waals surface area (Å²) in [6.07, 6.45) is 2.49. The number of phenolic OH excluding ortho intramolecular Hbond substituents is 1. The van der Waals surface area contributed by atoms with Crippen LogP contribution in [0.4, 0.5) is 0 Å². The van der Waals surface area contributed by atoms with Gasteiger partial charge >= 0.3 is 0 Å². The Balaban J connectivity index is 1.63. The van der Waals surface area contributed by atoms with E-state index in [1.165, 1.54) is 13.2 Å². The molecule has 7 heteroatoms. The predicted molar refractivity (Wildman–Crippen MR) is 99.7 cm³/mol. The number of carbonyl (C=O) groups is 2. The Morgan fingerprint density at radius 3 is 2.59 bits per heavy atom. The van der Waals surface area contributed by atoms with Crippen LogP contribution in [0.15, 0.2) is 18.2 Å². The number of aliphatic hydroxyl groups is 1. The fourth-order valence-corrected chi connectivity index (χ4v) is 4.19. The van der Waals surface area contributed by atoms with Crippen molar-refractivity contribution in [2.45, 2.75) is 38.7 Å². The van der Waals surface area contributed by atoms with Crippen LogP contribution in [-0.4, -0.2) is 71.2 Å². The molecule has 0 unspecified atom stereocenters. The summed E-state index contributed by atoms with van der Waals surface area (Å²) in [5.74, 6) is 0.301. The van der Waals surface area contributed by atoms with Crippen LogP contribution in [-0.2, 0) is 4.79 Å². The van der Waals surface area contributed by atoms with Gasteiger partial charge in [0.1, 0.15) is 0 Å². The third kappa shape index (κ3) is 4.18. The van der Waals surface area contributed by atoms with E-state index in [0.717, 1.165) is 19.3 Å². The second kappa shape index (κ2) is 7.76. The number of aromatic hydroxyl groups is 1. The summed E-state index contributed by atoms with van der Waals surface area (Å²) in [5.41, 5.74) is 0.473. The summed E-state index contributed by atoms with van der Waals surface area (Å²) in [5, 5.41) is 19.5. The molecule has 0 aromatic heterocycles. The van der Waals surface area contributed by atoms with Gasteiger partial charge in [0.2, 0.25) is 5.91 Å². The Morgan fingerprint density at radius 2 is 2.00 bits per heavy atom. The molecular weight excluding hydrogens is 348 g/mol. The van der Waals surface area contributed by atoms with Crippen LogP contribution in [0.25, 0.3) is 0 Å². The van der Waals surface area contributed by atoms with Crippen LogP contribution in [0.5, 0.6) is 11.5 Å². The minimum Gasteiger partial charge on any atom is -0.504 e. The van der Waals surface area contributed by atoms with Gasteiger partial charge in [-0.3, -0.25) is 9.59 Å². The quantitative estimate of drug-likeness (QED) is 0.834. The van der Waals surface area contributed by atoms with Crippen LogP contribution >= 0.6 is 0 Å². The molecule has 2 heterocycles. The fourth-order valence-electron chi connectivity index (χ4n) is 4.19. The number of piperidine rings is 2. The van der Waals surface area contributed by atoms with Crippen LogP contribution < -0.4 is 4.74 Å². The van der Waals surface area contributed by atoms with Gasteiger partial charge < -0.3 is 24.7 Å². The van der Waals surface area contributed by atoms with E-state index in [0.29, 0.717) is 43.9 Å². The summed E-state index contributed by atoms with van der Waals surface area (Å²) in [7, 11) is 1.47. The van der Waals surface area contributed by atoms with Crippen molar-refractivity contribution in [3.05, 3.63) is 23.8 Å². The molecule has 2 N–H and O–H groups in total. The normalized spacial score (nSPS) is 20.6. The number of ether oxygens (including phenoxy) is 1. The molecule has 148 valence electrons. The van der Waals surface area contributed by atoms with Crippen molar-refractivity contribution in [3.63, 3.8) is 0 Å². The van der Waals surface area contributed by atoms with E-state index in [1.54, 1.807) is 24.0 Å². The third-order valence-electron chi connectivity index (χ3n) is 5.77. The number of β-amino-alcohol motifs (C(OH)–C–C–N with tert-alkyl or cyclic N) is 1. The maximum atomic E-state index is 12.8. The van der Waals surface area contributed by atoms with Gasteiger partial charge in [-0.05, 0) is 49.8 Å². The lowest BCUT2D eigenvalue weighted by Crippen LogP contribution is -2.53. The molecule has 0 bridgehead atoms. The van der Waals surface area contributed by atoms with Gasteiger partial charge in [-0.2, -0.15) is 0 Å². The van der Waals surface area contributed by atoms with Gasteiger partial charge in [0.25, 0.3) is 5.91 Å². The summed E-state index contributed by atoms with van der Waals surface area (Å²) < 4.78 is 5.02. The number of benzene rings is 1. The number of methoxy groups -OCH3 is 1. The molecule has 2 saturated heterocycles. The highest BCUT2D eigenvalue weighted by atomic mass is 16.5. The highest BCUT2D eigenvalue weighted by Gasteiger charge is 2.41. The van der Waals surface area contributed by atoms with Gasteiger partial charge in [0, 0.05) is 38.2 Å². The summed E-state index contributed by atoms with van der Waals surface area (Å²) in [6, 6.07) is 4.69. The van der Waals surface area contributed by atoms with Gasteiger partial charge in [-0.1, -0.05) is 0 Å². The molecule has 1 aromatic rings. The fraction of sp³-hybridized carbons (Fsp3) is 0.600. The Hall–Kier alpha value is -2.28. The molecule has 1 spiro atoms. The lowest BCUT2D eigenvalue weighted by molar-refractivity contribution is -0.140. The first kappa shape index (κ1) is 19.5. The molecule has 2 amide bonds. The molecule has 1 aromatic carbocycles. The largest absolute Gasteiger partial charge is 0.504 e. The first-order valence-electron chi connectivity index (χ1n) is 9.46. The van der Waals surface area contributed by atoms with Crippen molar-refractivity contribution < 1.29 is 24.5 Å². The van der Waals surface area contributed by atoms with Gasteiger partial charge in [0.05, 0.1) is 13.2 Å². The standard InChI is InChI=1S/C20H28N2O5/c1-14(23)12-22-13-20(6-5-18(22)25)7-9-21(10-8-20)19(26)15-3-4-17(27-2)16(24)11-15/h3-4,11,14,23-24H,5-10,12-13H2,1-2H3/t14-/m0/s1. The lowest BCUT2D eigenvalue weighted by Gasteiger charge is -2.47. The number of nitrogens with zero attached hydrogens (tertiary/aromatic N) is 2. The zero-order valence-corrected chi connectivity index (χ0v) is 16.0. The zero-order chi connectivity index (χ0) is 19.6. The molecule has 0 aliphatic carbocycles. The number of phenols is 1. The minimum atomic E-state index is -0.534. The second-order valence-electron chi connectivity index (χ2n) is 7.80. The molecule has 2 aliphatic heterocycles. The van der Waals surface area contributed by atoms with E-state index in [-0.39, 0.29) is 23.0 Å². The smallest absolute Gasteiger partial charge is 0.253 e. The van der Waals surface area contributed by atoms with Gasteiger partial charge in [0.15, 0.2) is 11.5 Å². The Morgan fingerprint density at radius 1 is 1.30 bits per heavy atom. The number of hydrogen-bond donors (Lipinski definition) is 2. The van der Waals surface area contributed by atoms with Crippen molar-refractivity contribution >= 4 is 11.8 Å². The van der Waals surface area contributed by atoms with E-state index in [4.69, 9.17) is 4.74 Å². The first-order chi connectivity index (χ1) is 12.8. The SMILES string of the molecule is COc1ccc(C(=O)N2CCC3(CCC(=O)N(C[C@H](C)O)C3)CC2)cc1O. The highest BCUT2D eigenvalue weighted by Crippen LogP contribution is 2.40. The first-order valence-corrected chi connectivity index (χ1v) is 9.46. The average Bonchev–Trinajstić information content (AvgIpc) is 2.64. The summed E-state index contributed by atoms with van der Waals surface area (Å²) in [6.45, 7) is 3.97. The van der Waals surface area contributed by atoms with Crippen molar-refractivity contribution in [2.75, 3.05) is 33.3 Å². The van der Waals surface area contributed by atoms with E-state index in [1.807, 2.05) is 4.90 Å². The van der Waals surface area contributed by atoms with E-state index in [2.05, 4.69) is 0 Å². The molecule has 0 radical (unpaired) electrons. The molecular formula is C20H28N2O5. The molecule has 27 heavy (non-hydrogen) atoms. The van der Waals surface area contributed by atoms with Crippen molar-refractivity contribution in [3.8, 4) is 11.5 Å². The molecule has 3 rings (SSSR count). The molecule has 2 fully saturated rings. The number of likely N-dealkylation sites (tertiary alicyclic amines) is 2. The van der Waals surface area contributed by atoms with Crippen molar-refractivity contribution in [1.29, 1.82) is 0 Å². The van der Waals surface area contributed by atoms with Crippen molar-refractivity contribution in [1.82, 2.24) is 9.80 Å². The maximum absolute atomic E-state index is 12.8. The van der Waals surface area contributed by atoms with E-state index >= 15 is 0 Å². The monoisotopic (exact) mass is 376 g/mol. The van der Waals surface area contributed by atoms with Crippen LogP contribution in [0.2, 0.25) is 0 Å². The Kier molecular flexibility index (Phi) is 5.60. The number of carbonyl (C=O) groups excluding carboxylic acids is 2. The van der Waals surface area contributed by atoms with Crippen LogP contribution in [0, 0.1) is 5.41 Å². The Bertz CT molecular complexity index is 710.